The maximum absolute atomic E-state index is 3.49. The minimum atomic E-state index is 0. The van der Waals surface area contributed by atoms with E-state index in [1.165, 1.54) is 168 Å². The molecule has 0 N–H and O–H groups in total. The van der Waals surface area contributed by atoms with Crippen molar-refractivity contribution in [1.29, 1.82) is 0 Å². The van der Waals surface area contributed by atoms with E-state index in [2.05, 4.69) is 151 Å². The van der Waals surface area contributed by atoms with Crippen molar-refractivity contribution in [1.82, 2.24) is 0 Å². The fourth-order valence-corrected chi connectivity index (χ4v) is 11.7. The van der Waals surface area contributed by atoms with Crippen LogP contribution in [0.15, 0.2) is 109 Å². The van der Waals surface area contributed by atoms with Crippen LogP contribution in [0.3, 0.4) is 0 Å². The normalized spacial score (nSPS) is 22.4. The summed E-state index contributed by atoms with van der Waals surface area (Å²) in [4.78, 5) is 0. The summed E-state index contributed by atoms with van der Waals surface area (Å²) in [5.74, 6) is 3.35. The van der Waals surface area contributed by atoms with Gasteiger partial charge in [0.05, 0.1) is 0 Å². The van der Waals surface area contributed by atoms with Gasteiger partial charge in [-0.1, -0.05) is 106 Å². The van der Waals surface area contributed by atoms with Gasteiger partial charge < -0.3 is 14.4 Å². The molecule has 4 aliphatic carbocycles. The Morgan fingerprint density at radius 3 is 1.23 bits per heavy atom. The molecule has 4 heteroatoms. The van der Waals surface area contributed by atoms with E-state index in [-0.39, 0.29) is 32.2 Å². The quantitative estimate of drug-likeness (QED) is 0.0948. The van der Waals surface area contributed by atoms with Crippen LogP contribution < -0.4 is 0 Å². The molecule has 0 heterocycles. The number of hydrogen-bond donors (Lipinski definition) is 0. The maximum atomic E-state index is 3.49. The van der Waals surface area contributed by atoms with Crippen LogP contribution >= 0.6 is 24.8 Å². The molecule has 4 aliphatic rings. The van der Waals surface area contributed by atoms with Gasteiger partial charge in [0.2, 0.25) is 0 Å². The molecular weight excluding hydrogens is 887 g/mol. The van der Waals surface area contributed by atoms with Crippen molar-refractivity contribution in [3.63, 3.8) is 0 Å². The van der Waals surface area contributed by atoms with Gasteiger partial charge in [-0.2, -0.15) is 18.6 Å². The third-order valence-corrected chi connectivity index (χ3v) is 15.4. The van der Waals surface area contributed by atoms with E-state index < -0.39 is 0 Å². The zero-order chi connectivity index (χ0) is 41.6. The van der Waals surface area contributed by atoms with Crippen molar-refractivity contribution in [2.45, 2.75) is 143 Å². The van der Waals surface area contributed by atoms with Crippen molar-refractivity contribution in [3.05, 3.63) is 146 Å². The summed E-state index contributed by atoms with van der Waals surface area (Å²) in [7, 11) is 0. The van der Waals surface area contributed by atoms with Crippen molar-refractivity contribution in [2.24, 2.45) is 22.7 Å². The zero-order valence-electron chi connectivity index (χ0n) is 38.8. The standard InChI is InChI=1S/2C27H31.C3H7.CH3.2ClH.Si.Zr/c2*1-3-19(2)22-7-9-23(10-8-22)25-6-4-5-24-15-21(16-26(24)25)18-27-13-11-20(17-27)12-14-27;1-3-2;;;;;/h2*4-10,15-16,19-20H,3,11-14,17-18H2,1-2H3;1,3H2,2H3;1H3;2*1H;;/q4*-1;;;;. The molecule has 4 fully saturated rings. The van der Waals surface area contributed by atoms with E-state index in [1.807, 2.05) is 6.92 Å². The Bertz CT molecular complexity index is 2090. The molecule has 2 atom stereocenters. The Labute approximate surface area is 407 Å². The van der Waals surface area contributed by atoms with E-state index in [0.29, 0.717) is 22.7 Å². The first-order chi connectivity index (χ1) is 28.7. The van der Waals surface area contributed by atoms with Crippen LogP contribution in [0.5, 0.6) is 0 Å². The van der Waals surface area contributed by atoms with Crippen LogP contribution in [0.4, 0.5) is 0 Å². The number of fused-ring (bicyclic) bond motifs is 6. The zero-order valence-corrected chi connectivity index (χ0v) is 43.9. The summed E-state index contributed by atoms with van der Waals surface area (Å²) in [6.07, 6.45) is 20.7. The summed E-state index contributed by atoms with van der Waals surface area (Å²) < 4.78 is 0. The summed E-state index contributed by atoms with van der Waals surface area (Å²) >= 11 is 1.36. The van der Waals surface area contributed by atoms with E-state index in [0.717, 1.165) is 18.3 Å². The number of halogens is 2. The summed E-state index contributed by atoms with van der Waals surface area (Å²) in [5, 5.41) is 5.70. The Morgan fingerprint density at radius 2 is 0.935 bits per heavy atom. The third kappa shape index (κ3) is 11.8. The monoisotopic (exact) mass is 958 g/mol. The molecule has 62 heavy (non-hydrogen) atoms. The molecule has 6 aromatic rings. The molecule has 0 aromatic heterocycles. The van der Waals surface area contributed by atoms with Crippen LogP contribution in [0.25, 0.3) is 43.8 Å². The second-order valence-electron chi connectivity index (χ2n) is 19.4. The fraction of sp³-hybridized carbons (Fsp3) is 0.448. The number of benzene rings is 4. The Hall–Kier alpha value is -2.22. The molecule has 10 rings (SSSR count). The number of hydrogen-bond acceptors (Lipinski definition) is 0. The van der Waals surface area contributed by atoms with Crippen molar-refractivity contribution >= 4 is 53.2 Å². The summed E-state index contributed by atoms with van der Waals surface area (Å²) in [5.41, 5.74) is 12.8. The van der Waals surface area contributed by atoms with Crippen LogP contribution in [0.2, 0.25) is 0 Å². The summed E-state index contributed by atoms with van der Waals surface area (Å²) in [6, 6.07) is 42.1. The van der Waals surface area contributed by atoms with Crippen LogP contribution in [-0.4, -0.2) is 6.88 Å². The predicted octanol–water partition coefficient (Wildman–Crippen LogP) is 17.9. The van der Waals surface area contributed by atoms with Gasteiger partial charge in [0.1, 0.15) is 0 Å². The molecule has 4 bridgehead atoms. The fourth-order valence-electron chi connectivity index (χ4n) is 11.7. The van der Waals surface area contributed by atoms with Gasteiger partial charge in [0, 0.05) is 0 Å². The van der Waals surface area contributed by atoms with Gasteiger partial charge >= 0.3 is 30.2 Å². The van der Waals surface area contributed by atoms with Gasteiger partial charge in [-0.05, 0) is 147 Å². The molecule has 0 nitrogen and oxygen atoms in total. The van der Waals surface area contributed by atoms with E-state index >= 15 is 0 Å². The predicted molar refractivity (Wildman–Crippen MR) is 275 cm³/mol. The average molecular weight is 961 g/mol. The summed E-state index contributed by atoms with van der Waals surface area (Å²) in [6.45, 7) is 17.7. The first kappa shape index (κ1) is 52.4. The first-order valence-corrected chi connectivity index (χ1v) is 27.5. The van der Waals surface area contributed by atoms with E-state index in [9.17, 15) is 0 Å². The van der Waals surface area contributed by atoms with Crippen LogP contribution in [0.1, 0.15) is 152 Å². The van der Waals surface area contributed by atoms with E-state index in [4.69, 9.17) is 0 Å². The van der Waals surface area contributed by atoms with Gasteiger partial charge in [0.25, 0.3) is 0 Å². The van der Waals surface area contributed by atoms with Gasteiger partial charge in [-0.3, -0.25) is 0 Å². The molecule has 0 saturated heterocycles. The molecule has 0 aliphatic heterocycles. The van der Waals surface area contributed by atoms with Crippen molar-refractivity contribution in [3.8, 4) is 22.3 Å². The molecular formula is C58H74Cl2SiZr-4. The molecule has 0 spiro atoms. The second kappa shape index (κ2) is 23.8. The molecule has 4 saturated carbocycles. The Kier molecular flexibility index (Phi) is 20.1. The molecule has 2 unspecified atom stereocenters. The van der Waals surface area contributed by atoms with Crippen LogP contribution in [-0.2, 0) is 36.2 Å². The average Bonchev–Trinajstić information content (AvgIpc) is 4.15. The van der Waals surface area contributed by atoms with E-state index in [1.54, 1.807) is 11.1 Å². The molecule has 0 amide bonds. The first-order valence-electron chi connectivity index (χ1n) is 23.3. The van der Waals surface area contributed by atoms with Gasteiger partial charge in [-0.25, -0.2) is 0 Å². The van der Waals surface area contributed by atoms with Gasteiger partial charge in [-0.15, -0.1) is 93.9 Å². The Balaban J connectivity index is 0.000000237. The minimum absolute atomic E-state index is 0. The second-order valence-corrected chi connectivity index (χ2v) is 19.4. The van der Waals surface area contributed by atoms with Crippen LogP contribution in [0, 0.1) is 37.0 Å². The van der Waals surface area contributed by atoms with Crippen molar-refractivity contribution < 1.29 is 23.3 Å². The molecule has 332 valence electrons. The molecule has 6 aromatic carbocycles. The van der Waals surface area contributed by atoms with Gasteiger partial charge in [0.15, 0.2) is 0 Å². The number of rotatable bonds is 10. The third-order valence-electron chi connectivity index (χ3n) is 15.4. The van der Waals surface area contributed by atoms with Crippen molar-refractivity contribution in [2.75, 3.05) is 0 Å². The SMILES string of the molecule is CCC(C)c1ccc(-c2cccc3[cH-]c(CC45CCC(CC4)C5)cc23)cc1.CCC(C)c1ccc(-c2cccc3[cH-]c(CC45CCC(CC4)C5)cc23)cc1.Cl.Cl.[CH2-]CC.[CH3-].[Si]=[Zr]. The molecule has 2 radical (unpaired) electrons. The topological polar surface area (TPSA) is 0 Å². The Morgan fingerprint density at radius 1 is 0.597 bits per heavy atom.